The van der Waals surface area contributed by atoms with Crippen molar-refractivity contribution >= 4 is 34.6 Å². The minimum Gasteiger partial charge on any atom is -0.495 e. The smallest absolute Gasteiger partial charge is 0.275 e. The van der Waals surface area contributed by atoms with Gasteiger partial charge < -0.3 is 10.1 Å². The van der Waals surface area contributed by atoms with Crippen LogP contribution < -0.4 is 10.1 Å². The van der Waals surface area contributed by atoms with E-state index in [9.17, 15) is 10.1 Å². The van der Waals surface area contributed by atoms with Gasteiger partial charge >= 0.3 is 0 Å². The number of hydrogen-bond acceptors (Lipinski definition) is 4. The number of ether oxygens (including phenoxy) is 1. The lowest BCUT2D eigenvalue weighted by Crippen LogP contribution is -2.30. The van der Waals surface area contributed by atoms with E-state index in [2.05, 4.69) is 11.4 Å². The Morgan fingerprint density at radius 3 is 2.77 bits per heavy atom. The van der Waals surface area contributed by atoms with Gasteiger partial charge in [-0.1, -0.05) is 41.4 Å². The summed E-state index contributed by atoms with van der Waals surface area (Å²) < 4.78 is 5.47. The number of nitrogens with one attached hydrogen (secondary N) is 1. The molecule has 0 bridgehead atoms. The molecule has 1 aliphatic carbocycles. The Morgan fingerprint density at radius 2 is 2.08 bits per heavy atom. The van der Waals surface area contributed by atoms with Crippen molar-refractivity contribution in [2.24, 2.45) is 5.92 Å². The molecule has 0 unspecified atom stereocenters. The summed E-state index contributed by atoms with van der Waals surface area (Å²) in [6.45, 7) is 0. The normalized spacial score (nSPS) is 23.1. The van der Waals surface area contributed by atoms with Gasteiger partial charge in [0.25, 0.3) is 5.69 Å². The fourth-order valence-electron chi connectivity index (χ4n) is 4.05. The van der Waals surface area contributed by atoms with Crippen LogP contribution in [0.25, 0.3) is 0 Å². The van der Waals surface area contributed by atoms with Gasteiger partial charge in [0.05, 0.1) is 29.3 Å². The molecule has 26 heavy (non-hydrogen) atoms. The molecule has 0 radical (unpaired) electrons. The summed E-state index contributed by atoms with van der Waals surface area (Å²) in [6, 6.07) is 8.48. The Hall–Kier alpha value is -2.24. The molecule has 5 nitrogen and oxygen atoms in total. The third kappa shape index (κ3) is 2.63. The lowest BCUT2D eigenvalue weighted by molar-refractivity contribution is -0.385. The second-order valence-electron chi connectivity index (χ2n) is 6.47. The first-order valence-corrected chi connectivity index (χ1v) is 9.00. The number of nitrogens with zero attached hydrogens (tertiary/aromatic N) is 1. The van der Waals surface area contributed by atoms with E-state index in [-0.39, 0.29) is 28.5 Å². The third-order valence-electron chi connectivity index (χ3n) is 5.17. The Kier molecular flexibility index (Phi) is 4.29. The lowest BCUT2D eigenvalue weighted by Gasteiger charge is -2.38. The molecule has 0 amide bonds. The third-order valence-corrected chi connectivity index (χ3v) is 5.74. The SMILES string of the molecule is COc1ccc([N+](=O)[O-])c2c1N[C@H](c1ccc(Cl)cc1Cl)[C@H]1CC=C[C@H]21. The van der Waals surface area contributed by atoms with Crippen molar-refractivity contribution in [2.75, 3.05) is 12.4 Å². The summed E-state index contributed by atoms with van der Waals surface area (Å²) in [6.07, 6.45) is 4.94. The zero-order chi connectivity index (χ0) is 18.4. The van der Waals surface area contributed by atoms with E-state index in [0.717, 1.165) is 12.0 Å². The molecule has 1 aliphatic heterocycles. The highest BCUT2D eigenvalue weighted by molar-refractivity contribution is 6.35. The maximum atomic E-state index is 11.6. The fraction of sp³-hybridized carbons (Fsp3) is 0.263. The van der Waals surface area contributed by atoms with Crippen LogP contribution >= 0.6 is 23.2 Å². The van der Waals surface area contributed by atoms with Crippen LogP contribution in [-0.4, -0.2) is 12.0 Å². The molecule has 2 aromatic rings. The topological polar surface area (TPSA) is 64.4 Å². The number of hydrogen-bond donors (Lipinski definition) is 1. The molecule has 134 valence electrons. The molecular formula is C19H16Cl2N2O3. The van der Waals surface area contributed by atoms with Crippen molar-refractivity contribution in [3.63, 3.8) is 0 Å². The van der Waals surface area contributed by atoms with Gasteiger partial charge in [-0.25, -0.2) is 0 Å². The van der Waals surface area contributed by atoms with E-state index >= 15 is 0 Å². The summed E-state index contributed by atoms with van der Waals surface area (Å²) in [5.74, 6) is 0.643. The molecule has 0 fully saturated rings. The molecule has 0 aromatic heterocycles. The van der Waals surface area contributed by atoms with Crippen LogP contribution in [-0.2, 0) is 0 Å². The number of benzene rings is 2. The monoisotopic (exact) mass is 390 g/mol. The summed E-state index contributed by atoms with van der Waals surface area (Å²) in [7, 11) is 1.56. The van der Waals surface area contributed by atoms with Crippen LogP contribution in [0.3, 0.4) is 0 Å². The van der Waals surface area contributed by atoms with Crippen molar-refractivity contribution in [1.82, 2.24) is 0 Å². The first-order chi connectivity index (χ1) is 12.5. The number of nitro benzene ring substituents is 1. The van der Waals surface area contributed by atoms with Gasteiger partial charge in [0.1, 0.15) is 5.75 Å². The van der Waals surface area contributed by atoms with Crippen LogP contribution in [0.1, 0.15) is 29.5 Å². The van der Waals surface area contributed by atoms with Gasteiger partial charge in [-0.15, -0.1) is 0 Å². The average molecular weight is 391 g/mol. The largest absolute Gasteiger partial charge is 0.495 e. The Bertz CT molecular complexity index is 929. The molecule has 1 heterocycles. The zero-order valence-electron chi connectivity index (χ0n) is 13.9. The van der Waals surface area contributed by atoms with Crippen molar-refractivity contribution < 1.29 is 9.66 Å². The summed E-state index contributed by atoms with van der Waals surface area (Å²) in [4.78, 5) is 11.2. The molecule has 2 aromatic carbocycles. The highest BCUT2D eigenvalue weighted by Crippen LogP contribution is 2.55. The predicted octanol–water partition coefficient (Wildman–Crippen LogP) is 5.74. The first kappa shape index (κ1) is 17.2. The molecule has 0 spiro atoms. The maximum absolute atomic E-state index is 11.6. The van der Waals surface area contributed by atoms with Crippen LogP contribution in [0.4, 0.5) is 11.4 Å². The summed E-state index contributed by atoms with van der Waals surface area (Å²) in [5.41, 5.74) is 2.37. The van der Waals surface area contributed by atoms with E-state index in [1.54, 1.807) is 19.2 Å². The number of anilines is 1. The minimum atomic E-state index is -0.335. The van der Waals surface area contributed by atoms with E-state index in [4.69, 9.17) is 27.9 Å². The fourth-order valence-corrected chi connectivity index (χ4v) is 4.58. The quantitative estimate of drug-likeness (QED) is 0.412. The van der Waals surface area contributed by atoms with E-state index in [1.165, 1.54) is 6.07 Å². The van der Waals surface area contributed by atoms with Gasteiger partial charge in [0, 0.05) is 22.0 Å². The number of halogens is 2. The second kappa shape index (κ2) is 6.49. The summed E-state index contributed by atoms with van der Waals surface area (Å²) in [5, 5.41) is 16.2. The highest BCUT2D eigenvalue weighted by Gasteiger charge is 2.43. The van der Waals surface area contributed by atoms with E-state index in [1.807, 2.05) is 18.2 Å². The van der Waals surface area contributed by atoms with Crippen LogP contribution in [0.2, 0.25) is 10.0 Å². The number of allylic oxidation sites excluding steroid dienone is 2. The molecule has 1 N–H and O–H groups in total. The van der Waals surface area contributed by atoms with Gasteiger partial charge in [-0.2, -0.15) is 0 Å². The highest BCUT2D eigenvalue weighted by atomic mass is 35.5. The average Bonchev–Trinajstić information content (AvgIpc) is 3.10. The maximum Gasteiger partial charge on any atom is 0.275 e. The Balaban J connectivity index is 1.90. The Morgan fingerprint density at radius 1 is 1.27 bits per heavy atom. The molecule has 7 heteroatoms. The predicted molar refractivity (Wildman–Crippen MR) is 102 cm³/mol. The molecular weight excluding hydrogens is 375 g/mol. The number of nitro groups is 1. The van der Waals surface area contributed by atoms with Crippen molar-refractivity contribution in [3.8, 4) is 5.75 Å². The van der Waals surface area contributed by atoms with Crippen molar-refractivity contribution in [1.29, 1.82) is 0 Å². The first-order valence-electron chi connectivity index (χ1n) is 8.24. The standard InChI is InChI=1S/C19H16Cl2N2O3/c1-26-16-8-7-15(23(24)25)17-11-3-2-4-12(11)18(22-19(16)17)13-6-5-10(20)9-14(13)21/h2-3,5-9,11-12,18,22H,4H2,1H3/t11-,12-,18-/m0/s1. The van der Waals surface area contributed by atoms with Crippen molar-refractivity contribution in [3.05, 3.63) is 73.8 Å². The van der Waals surface area contributed by atoms with Gasteiger partial charge in [0.2, 0.25) is 0 Å². The molecule has 3 atom stereocenters. The van der Waals surface area contributed by atoms with E-state index < -0.39 is 0 Å². The minimum absolute atomic E-state index is 0.0708. The molecule has 2 aliphatic rings. The van der Waals surface area contributed by atoms with Crippen LogP contribution in [0.15, 0.2) is 42.5 Å². The lowest BCUT2D eigenvalue weighted by atomic mass is 9.76. The molecule has 4 rings (SSSR count). The van der Waals surface area contributed by atoms with Gasteiger partial charge in [-0.3, -0.25) is 10.1 Å². The van der Waals surface area contributed by atoms with Gasteiger partial charge in [0.15, 0.2) is 0 Å². The number of rotatable bonds is 3. The van der Waals surface area contributed by atoms with Gasteiger partial charge in [-0.05, 0) is 36.1 Å². The molecule has 0 saturated heterocycles. The summed E-state index contributed by atoms with van der Waals surface area (Å²) >= 11 is 12.5. The zero-order valence-corrected chi connectivity index (χ0v) is 15.4. The van der Waals surface area contributed by atoms with Crippen LogP contribution in [0.5, 0.6) is 5.75 Å². The van der Waals surface area contributed by atoms with Crippen LogP contribution in [0, 0.1) is 16.0 Å². The number of methoxy groups -OCH3 is 1. The second-order valence-corrected chi connectivity index (χ2v) is 7.32. The van der Waals surface area contributed by atoms with E-state index in [0.29, 0.717) is 27.0 Å². The number of fused-ring (bicyclic) bond motifs is 3. The Labute approximate surface area is 160 Å². The van der Waals surface area contributed by atoms with Crippen molar-refractivity contribution in [2.45, 2.75) is 18.4 Å². The molecule has 0 saturated carbocycles.